The lowest BCUT2D eigenvalue weighted by Crippen LogP contribution is -2.03. The number of carbonyl (C=O) groups is 1. The van der Waals surface area contributed by atoms with E-state index in [1.165, 1.54) is 23.5 Å². The molecular formula is C25H26F3NO3S. The van der Waals surface area contributed by atoms with Gasteiger partial charge in [0.1, 0.15) is 17.4 Å². The minimum atomic E-state index is -4.37. The minimum absolute atomic E-state index is 0.0788. The second-order valence-electron chi connectivity index (χ2n) is 7.84. The van der Waals surface area contributed by atoms with Crippen molar-refractivity contribution >= 4 is 17.3 Å². The van der Waals surface area contributed by atoms with Gasteiger partial charge < -0.3 is 9.84 Å². The van der Waals surface area contributed by atoms with Gasteiger partial charge in [0.2, 0.25) is 0 Å². The summed E-state index contributed by atoms with van der Waals surface area (Å²) in [5, 5.41) is 9.55. The Labute approximate surface area is 195 Å². The fourth-order valence-electron chi connectivity index (χ4n) is 3.39. The molecule has 0 bridgehead atoms. The summed E-state index contributed by atoms with van der Waals surface area (Å²) in [4.78, 5) is 16.4. The van der Waals surface area contributed by atoms with E-state index in [0.29, 0.717) is 29.3 Å². The molecule has 0 amide bonds. The van der Waals surface area contributed by atoms with Gasteiger partial charge in [0.25, 0.3) is 0 Å². The average Bonchev–Trinajstić information content (AvgIpc) is 3.18. The number of hydrogen-bond acceptors (Lipinski definition) is 4. The van der Waals surface area contributed by atoms with Crippen LogP contribution in [0, 0.1) is 6.92 Å². The summed E-state index contributed by atoms with van der Waals surface area (Å²) in [5.74, 6) is -0.152. The fraction of sp³-hybridized carbons (Fsp3) is 0.360. The Kier molecular flexibility index (Phi) is 8.13. The molecule has 4 nitrogen and oxygen atoms in total. The van der Waals surface area contributed by atoms with Crippen molar-refractivity contribution in [2.75, 3.05) is 0 Å². The number of carboxylic acid groups (broad SMARTS) is 1. The van der Waals surface area contributed by atoms with Crippen LogP contribution in [0.4, 0.5) is 13.2 Å². The van der Waals surface area contributed by atoms with Gasteiger partial charge in [-0.15, -0.1) is 11.3 Å². The molecule has 3 rings (SSSR count). The van der Waals surface area contributed by atoms with Gasteiger partial charge in [0.15, 0.2) is 0 Å². The molecule has 1 aromatic heterocycles. The van der Waals surface area contributed by atoms with Crippen molar-refractivity contribution in [1.29, 1.82) is 0 Å². The Morgan fingerprint density at radius 3 is 2.45 bits per heavy atom. The second-order valence-corrected chi connectivity index (χ2v) is 8.92. The summed E-state index contributed by atoms with van der Waals surface area (Å²) in [5.41, 5.74) is 2.81. The number of aryl methyl sites for hydroxylation is 3. The van der Waals surface area contributed by atoms with Gasteiger partial charge in [-0.05, 0) is 61.6 Å². The Morgan fingerprint density at radius 2 is 1.85 bits per heavy atom. The molecule has 2 aromatic carbocycles. The predicted molar refractivity (Wildman–Crippen MR) is 123 cm³/mol. The molecule has 0 radical (unpaired) electrons. The van der Waals surface area contributed by atoms with E-state index in [2.05, 4.69) is 6.92 Å². The van der Waals surface area contributed by atoms with E-state index in [-0.39, 0.29) is 6.42 Å². The van der Waals surface area contributed by atoms with E-state index in [4.69, 9.17) is 14.8 Å². The van der Waals surface area contributed by atoms with Gasteiger partial charge in [-0.25, -0.2) is 4.98 Å². The molecule has 0 fully saturated rings. The summed E-state index contributed by atoms with van der Waals surface area (Å²) < 4.78 is 44.6. The molecule has 0 atom stereocenters. The third-order valence-corrected chi connectivity index (χ3v) is 6.42. The van der Waals surface area contributed by atoms with Crippen molar-refractivity contribution in [2.24, 2.45) is 0 Å². The normalized spacial score (nSPS) is 11.5. The molecule has 176 valence electrons. The zero-order valence-electron chi connectivity index (χ0n) is 18.5. The van der Waals surface area contributed by atoms with Crippen LogP contribution < -0.4 is 4.74 Å². The lowest BCUT2D eigenvalue weighted by Gasteiger charge is -2.10. The minimum Gasteiger partial charge on any atom is -0.488 e. The number of unbranched alkanes of at least 4 members (excludes halogenated alkanes) is 1. The molecule has 0 aliphatic carbocycles. The van der Waals surface area contributed by atoms with Gasteiger partial charge in [-0.3, -0.25) is 4.79 Å². The quantitative estimate of drug-likeness (QED) is 0.339. The number of benzene rings is 2. The number of alkyl halides is 3. The highest BCUT2D eigenvalue weighted by atomic mass is 32.1. The van der Waals surface area contributed by atoms with Crippen molar-refractivity contribution in [2.45, 2.75) is 58.7 Å². The van der Waals surface area contributed by atoms with Crippen LogP contribution in [-0.4, -0.2) is 16.1 Å². The van der Waals surface area contributed by atoms with Crippen LogP contribution in [0.2, 0.25) is 0 Å². The first-order chi connectivity index (χ1) is 15.7. The number of halogens is 3. The first-order valence-electron chi connectivity index (χ1n) is 10.8. The van der Waals surface area contributed by atoms with E-state index >= 15 is 0 Å². The third kappa shape index (κ3) is 6.81. The monoisotopic (exact) mass is 477 g/mol. The van der Waals surface area contributed by atoms with Crippen LogP contribution >= 0.6 is 11.3 Å². The number of rotatable bonds is 10. The zero-order valence-corrected chi connectivity index (χ0v) is 19.4. The summed E-state index contributed by atoms with van der Waals surface area (Å²) in [6.45, 7) is 4.32. The number of thiazole rings is 1. The third-order valence-electron chi connectivity index (χ3n) is 5.30. The number of hydrogen-bond donors (Lipinski definition) is 1. The summed E-state index contributed by atoms with van der Waals surface area (Å²) in [6.07, 6.45) is -1.08. The van der Waals surface area contributed by atoms with Gasteiger partial charge in [0.05, 0.1) is 16.1 Å². The van der Waals surface area contributed by atoms with Crippen LogP contribution in [0.3, 0.4) is 0 Å². The maximum absolute atomic E-state index is 12.9. The molecule has 33 heavy (non-hydrogen) atoms. The average molecular weight is 478 g/mol. The molecule has 8 heteroatoms. The standard InChI is InChI=1S/C25H26F3NO3S/c1-3-4-5-21-22(15-32-20-12-8-17(16(2)14-20)9-13-23(30)31)33-24(29-21)18-6-10-19(11-7-18)25(26,27)28/h6-8,10-12,14H,3-5,9,13,15H2,1-2H3,(H,30,31). The molecule has 0 aliphatic rings. The maximum Gasteiger partial charge on any atom is 0.416 e. The molecule has 0 unspecified atom stereocenters. The van der Waals surface area contributed by atoms with Gasteiger partial charge in [0, 0.05) is 12.0 Å². The Bertz CT molecular complexity index is 1090. The highest BCUT2D eigenvalue weighted by Gasteiger charge is 2.30. The van der Waals surface area contributed by atoms with E-state index in [1.54, 1.807) is 0 Å². The molecular weight excluding hydrogens is 451 g/mol. The smallest absolute Gasteiger partial charge is 0.416 e. The number of aromatic nitrogens is 1. The first kappa shape index (κ1) is 24.8. The fourth-order valence-corrected chi connectivity index (χ4v) is 4.42. The van der Waals surface area contributed by atoms with E-state index in [1.807, 2.05) is 25.1 Å². The Balaban J connectivity index is 1.76. The van der Waals surface area contributed by atoms with Crippen LogP contribution in [0.25, 0.3) is 10.6 Å². The summed E-state index contributed by atoms with van der Waals surface area (Å²) >= 11 is 1.43. The largest absolute Gasteiger partial charge is 0.488 e. The van der Waals surface area contributed by atoms with E-state index < -0.39 is 17.7 Å². The Hall–Kier alpha value is -2.87. The van der Waals surface area contributed by atoms with E-state index in [9.17, 15) is 18.0 Å². The van der Waals surface area contributed by atoms with Gasteiger partial charge in [-0.1, -0.05) is 31.5 Å². The predicted octanol–water partition coefficient (Wildman–Crippen LogP) is 7.08. The van der Waals surface area contributed by atoms with Crippen LogP contribution in [0.5, 0.6) is 5.75 Å². The molecule has 1 heterocycles. The highest BCUT2D eigenvalue weighted by molar-refractivity contribution is 7.15. The second kappa shape index (κ2) is 10.8. The zero-order chi connectivity index (χ0) is 24.0. The topological polar surface area (TPSA) is 59.4 Å². The Morgan fingerprint density at radius 1 is 1.12 bits per heavy atom. The molecule has 0 spiro atoms. The number of nitrogens with zero attached hydrogens (tertiary/aromatic N) is 1. The van der Waals surface area contributed by atoms with Crippen molar-refractivity contribution in [3.05, 3.63) is 69.7 Å². The summed E-state index contributed by atoms with van der Waals surface area (Å²) in [6, 6.07) is 10.7. The number of ether oxygens (including phenoxy) is 1. The van der Waals surface area contributed by atoms with Crippen LogP contribution in [-0.2, 0) is 30.4 Å². The van der Waals surface area contributed by atoms with Crippen molar-refractivity contribution in [3.8, 4) is 16.3 Å². The molecule has 1 N–H and O–H groups in total. The number of aliphatic carboxylic acids is 1. The maximum atomic E-state index is 12.9. The molecule has 0 saturated carbocycles. The van der Waals surface area contributed by atoms with Crippen molar-refractivity contribution in [3.63, 3.8) is 0 Å². The van der Waals surface area contributed by atoms with Crippen molar-refractivity contribution in [1.82, 2.24) is 4.98 Å². The molecule has 0 aliphatic heterocycles. The SMILES string of the molecule is CCCCc1nc(-c2ccc(C(F)(F)F)cc2)sc1COc1ccc(CCC(=O)O)c(C)c1. The molecule has 0 saturated heterocycles. The van der Waals surface area contributed by atoms with Gasteiger partial charge in [-0.2, -0.15) is 13.2 Å². The van der Waals surface area contributed by atoms with E-state index in [0.717, 1.165) is 53.1 Å². The summed E-state index contributed by atoms with van der Waals surface area (Å²) in [7, 11) is 0. The number of carboxylic acids is 1. The van der Waals surface area contributed by atoms with Gasteiger partial charge >= 0.3 is 12.1 Å². The van der Waals surface area contributed by atoms with Crippen molar-refractivity contribution < 1.29 is 27.8 Å². The molecule has 3 aromatic rings. The first-order valence-corrected chi connectivity index (χ1v) is 11.6. The van der Waals surface area contributed by atoms with Crippen LogP contribution in [0.1, 0.15) is 53.4 Å². The van der Waals surface area contributed by atoms with Crippen LogP contribution in [0.15, 0.2) is 42.5 Å². The highest BCUT2D eigenvalue weighted by Crippen LogP contribution is 2.34. The lowest BCUT2D eigenvalue weighted by molar-refractivity contribution is -0.138. The lowest BCUT2D eigenvalue weighted by atomic mass is 10.0.